The van der Waals surface area contributed by atoms with Crippen molar-refractivity contribution in [1.82, 2.24) is 9.80 Å². The van der Waals surface area contributed by atoms with Crippen molar-refractivity contribution in [1.29, 1.82) is 0 Å². The maximum absolute atomic E-state index is 13.6. The summed E-state index contributed by atoms with van der Waals surface area (Å²) < 4.78 is 5.57. The van der Waals surface area contributed by atoms with Gasteiger partial charge in [-0.25, -0.2) is 4.79 Å². The van der Waals surface area contributed by atoms with Crippen LogP contribution < -0.4 is 4.74 Å². The van der Waals surface area contributed by atoms with Crippen LogP contribution >= 0.6 is 0 Å². The molecule has 2 aromatic rings. The van der Waals surface area contributed by atoms with E-state index in [4.69, 9.17) is 4.74 Å². The molecule has 0 aromatic heterocycles. The van der Waals surface area contributed by atoms with Crippen LogP contribution in [-0.2, 0) is 16.6 Å². The molecule has 1 fully saturated rings. The van der Waals surface area contributed by atoms with E-state index in [9.17, 15) is 14.7 Å². The predicted molar refractivity (Wildman–Crippen MR) is 121 cm³/mol. The first-order valence-electron chi connectivity index (χ1n) is 10.5. The Bertz CT molecular complexity index is 952. The molecule has 1 heterocycles. The van der Waals surface area contributed by atoms with E-state index in [1.165, 1.54) is 4.90 Å². The lowest BCUT2D eigenvalue weighted by Crippen LogP contribution is -2.68. The summed E-state index contributed by atoms with van der Waals surface area (Å²) in [7, 11) is 3.48. The molecule has 0 saturated carbocycles. The number of likely N-dealkylation sites (N-methyl/N-ethyl adjacent to an activating group) is 1. The van der Waals surface area contributed by atoms with E-state index in [-0.39, 0.29) is 24.3 Å². The normalized spacial score (nSPS) is 19.8. The maximum Gasteiger partial charge on any atom is 0.331 e. The molecule has 0 radical (unpaired) electrons. The summed E-state index contributed by atoms with van der Waals surface area (Å²) >= 11 is 0. The molecule has 1 atom stereocenters. The maximum atomic E-state index is 13.6. The number of carbonyl (C=O) groups excluding carboxylic acids is 1. The number of nitrogens with zero attached hydrogens (tertiary/aromatic N) is 2. The molecule has 0 bridgehead atoms. The monoisotopic (exact) mass is 424 g/mol. The van der Waals surface area contributed by atoms with Gasteiger partial charge in [0.2, 0.25) is 0 Å². The van der Waals surface area contributed by atoms with E-state index < -0.39 is 11.5 Å². The minimum absolute atomic E-state index is 0.140. The Morgan fingerprint density at radius 2 is 1.77 bits per heavy atom. The third-order valence-electron chi connectivity index (χ3n) is 5.99. The zero-order valence-electron chi connectivity index (χ0n) is 19.0. The highest BCUT2D eigenvalue weighted by molar-refractivity contribution is 5.98. The van der Waals surface area contributed by atoms with Crippen molar-refractivity contribution < 1.29 is 19.4 Å². The van der Waals surface area contributed by atoms with Gasteiger partial charge in [0.1, 0.15) is 5.75 Å². The van der Waals surface area contributed by atoms with Crippen molar-refractivity contribution in [2.75, 3.05) is 33.8 Å². The largest absolute Gasteiger partial charge is 0.496 e. The Morgan fingerprint density at radius 3 is 2.35 bits per heavy atom. The van der Waals surface area contributed by atoms with Gasteiger partial charge in [0.15, 0.2) is 5.54 Å². The molecule has 1 aliphatic rings. The van der Waals surface area contributed by atoms with Crippen molar-refractivity contribution >= 4 is 11.9 Å². The zero-order valence-corrected chi connectivity index (χ0v) is 19.0. The number of methoxy groups -OCH3 is 1. The number of carboxylic acid groups (broad SMARTS) is 1. The lowest BCUT2D eigenvalue weighted by atomic mass is 9.84. The molecule has 2 aromatic carbocycles. The molecular formula is C25H32N2O4. The number of hydrogen-bond acceptors (Lipinski definition) is 4. The quantitative estimate of drug-likeness (QED) is 0.796. The summed E-state index contributed by atoms with van der Waals surface area (Å²) in [5.41, 5.74) is 0.839. The second kappa shape index (κ2) is 8.71. The molecule has 6 nitrogen and oxygen atoms in total. The third-order valence-corrected chi connectivity index (χ3v) is 5.99. The van der Waals surface area contributed by atoms with Gasteiger partial charge in [-0.3, -0.25) is 4.79 Å². The molecule has 1 amide bonds. The van der Waals surface area contributed by atoms with Crippen LogP contribution in [0.15, 0.2) is 48.5 Å². The first-order chi connectivity index (χ1) is 14.6. The lowest BCUT2D eigenvalue weighted by Gasteiger charge is -2.47. The van der Waals surface area contributed by atoms with E-state index in [2.05, 4.69) is 20.8 Å². The van der Waals surface area contributed by atoms with Crippen molar-refractivity contribution in [3.63, 3.8) is 0 Å². The minimum Gasteiger partial charge on any atom is -0.496 e. The molecule has 0 spiro atoms. The van der Waals surface area contributed by atoms with Gasteiger partial charge in [-0.1, -0.05) is 57.2 Å². The fourth-order valence-electron chi connectivity index (χ4n) is 4.33. The zero-order chi connectivity index (χ0) is 22.8. The van der Waals surface area contributed by atoms with E-state index >= 15 is 0 Å². The van der Waals surface area contributed by atoms with Gasteiger partial charge in [0.25, 0.3) is 5.91 Å². The minimum atomic E-state index is -1.35. The highest BCUT2D eigenvalue weighted by atomic mass is 16.5. The predicted octanol–water partition coefficient (Wildman–Crippen LogP) is 3.45. The number of hydrogen-bond donors (Lipinski definition) is 1. The van der Waals surface area contributed by atoms with Crippen molar-refractivity contribution in [3.8, 4) is 5.75 Å². The van der Waals surface area contributed by atoms with Crippen LogP contribution in [0, 0.1) is 0 Å². The fourth-order valence-corrected chi connectivity index (χ4v) is 4.33. The number of benzene rings is 2. The topological polar surface area (TPSA) is 70.1 Å². The molecule has 31 heavy (non-hydrogen) atoms. The van der Waals surface area contributed by atoms with Crippen LogP contribution in [0.1, 0.15) is 42.3 Å². The number of ether oxygens (including phenoxy) is 1. The van der Waals surface area contributed by atoms with Gasteiger partial charge in [-0.05, 0) is 35.7 Å². The average molecular weight is 425 g/mol. The van der Waals surface area contributed by atoms with Gasteiger partial charge < -0.3 is 19.6 Å². The Labute approximate surface area is 184 Å². The van der Waals surface area contributed by atoms with E-state index in [0.29, 0.717) is 24.4 Å². The molecule has 1 aliphatic heterocycles. The van der Waals surface area contributed by atoms with E-state index in [1.54, 1.807) is 19.2 Å². The third kappa shape index (κ3) is 4.59. The molecule has 1 unspecified atom stereocenters. The lowest BCUT2D eigenvalue weighted by molar-refractivity contribution is -0.153. The smallest absolute Gasteiger partial charge is 0.331 e. The van der Waals surface area contributed by atoms with Crippen LogP contribution in [0.25, 0.3) is 0 Å². The first kappa shape index (κ1) is 22.8. The molecule has 0 aliphatic carbocycles. The number of rotatable bonds is 5. The average Bonchev–Trinajstić information content (AvgIpc) is 2.72. The van der Waals surface area contributed by atoms with Crippen LogP contribution in [-0.4, -0.2) is 66.1 Å². The number of carboxylic acids is 1. The van der Waals surface area contributed by atoms with Gasteiger partial charge >= 0.3 is 5.97 Å². The van der Waals surface area contributed by atoms with Gasteiger partial charge in [-0.2, -0.15) is 0 Å². The van der Waals surface area contributed by atoms with Crippen LogP contribution in [0.2, 0.25) is 0 Å². The number of piperazine rings is 1. The molecule has 3 rings (SSSR count). The Kier molecular flexibility index (Phi) is 6.41. The second-order valence-electron chi connectivity index (χ2n) is 9.36. The Hall–Kier alpha value is -2.86. The summed E-state index contributed by atoms with van der Waals surface area (Å²) in [5, 5.41) is 10.3. The standard InChI is InChI=1S/C25H32N2O4/c1-24(2,3)20-12-11-19(15-21(20)31-5)22(28)27-14-13-26(4)17-25(27,23(29)30)16-18-9-7-6-8-10-18/h6-12,15H,13-14,16-17H2,1-5H3,(H,29,30). The molecule has 1 N–H and O–H groups in total. The molecule has 166 valence electrons. The summed E-state index contributed by atoms with van der Waals surface area (Å²) in [6, 6.07) is 14.9. The first-order valence-corrected chi connectivity index (χ1v) is 10.5. The Morgan fingerprint density at radius 1 is 1.10 bits per heavy atom. The van der Waals surface area contributed by atoms with Crippen molar-refractivity contribution in [2.45, 2.75) is 38.1 Å². The second-order valence-corrected chi connectivity index (χ2v) is 9.36. The molecular weight excluding hydrogens is 392 g/mol. The molecule has 1 saturated heterocycles. The van der Waals surface area contributed by atoms with Gasteiger partial charge in [0.05, 0.1) is 7.11 Å². The van der Waals surface area contributed by atoms with E-state index in [0.717, 1.165) is 11.1 Å². The summed E-state index contributed by atoms with van der Waals surface area (Å²) in [6.07, 6.45) is 0.246. The van der Waals surface area contributed by atoms with E-state index in [1.807, 2.05) is 48.3 Å². The SMILES string of the molecule is COc1cc(C(=O)N2CCN(C)CC2(Cc2ccccc2)C(=O)O)ccc1C(C)(C)C. The number of aliphatic carboxylic acids is 1. The van der Waals surface area contributed by atoms with Crippen molar-refractivity contribution in [3.05, 3.63) is 65.2 Å². The highest BCUT2D eigenvalue weighted by Gasteiger charge is 2.50. The Balaban J connectivity index is 2.03. The molecule has 6 heteroatoms. The van der Waals surface area contributed by atoms with Crippen LogP contribution in [0.3, 0.4) is 0 Å². The van der Waals surface area contributed by atoms with Gasteiger partial charge in [0, 0.05) is 31.6 Å². The summed E-state index contributed by atoms with van der Waals surface area (Å²) in [6.45, 7) is 7.48. The summed E-state index contributed by atoms with van der Waals surface area (Å²) in [4.78, 5) is 29.8. The van der Waals surface area contributed by atoms with Gasteiger partial charge in [-0.15, -0.1) is 0 Å². The summed E-state index contributed by atoms with van der Waals surface area (Å²) in [5.74, 6) is -0.642. The number of carbonyl (C=O) groups is 2. The van der Waals surface area contributed by atoms with Crippen LogP contribution in [0.4, 0.5) is 0 Å². The van der Waals surface area contributed by atoms with Crippen molar-refractivity contribution in [2.24, 2.45) is 0 Å². The van der Waals surface area contributed by atoms with Crippen LogP contribution in [0.5, 0.6) is 5.75 Å². The highest BCUT2D eigenvalue weighted by Crippen LogP contribution is 2.34. The number of amides is 1. The fraction of sp³-hybridized carbons (Fsp3) is 0.440.